The maximum Gasteiger partial charge on any atom is 0.416 e. The van der Waals surface area contributed by atoms with E-state index in [-0.39, 0.29) is 11.4 Å². The second kappa shape index (κ2) is 8.97. The summed E-state index contributed by atoms with van der Waals surface area (Å²) in [5, 5.41) is 2.30. The number of imide groups is 1. The molecule has 4 atom stereocenters. The van der Waals surface area contributed by atoms with Gasteiger partial charge in [0, 0.05) is 0 Å². The molecule has 3 aliphatic rings. The van der Waals surface area contributed by atoms with Crippen molar-refractivity contribution in [1.82, 2.24) is 4.90 Å². The Morgan fingerprint density at radius 3 is 2.23 bits per heavy atom. The number of hydrogen-bond acceptors (Lipinski definition) is 6. The molecule has 1 N–H and O–H groups in total. The van der Waals surface area contributed by atoms with Crippen molar-refractivity contribution in [1.29, 1.82) is 0 Å². The lowest BCUT2D eigenvalue weighted by atomic mass is 9.81. The molecule has 2 fully saturated rings. The molecule has 188 valence electrons. The summed E-state index contributed by atoms with van der Waals surface area (Å²) in [5.74, 6) is -4.27. The lowest BCUT2D eigenvalue weighted by Gasteiger charge is -2.32. The van der Waals surface area contributed by atoms with Crippen LogP contribution in [0.4, 0.5) is 24.5 Å². The topological polar surface area (TPSA) is 113 Å². The quantitative estimate of drug-likeness (QED) is 0.507. The lowest BCUT2D eigenvalue weighted by molar-refractivity contribution is -0.163. The van der Waals surface area contributed by atoms with E-state index in [1.807, 2.05) is 0 Å². The van der Waals surface area contributed by atoms with Crippen LogP contribution in [0.5, 0.6) is 0 Å². The van der Waals surface area contributed by atoms with Crippen LogP contribution in [-0.4, -0.2) is 53.2 Å². The number of benzene rings is 1. The molecule has 1 aromatic rings. The summed E-state index contributed by atoms with van der Waals surface area (Å²) < 4.78 is 44.3. The summed E-state index contributed by atoms with van der Waals surface area (Å²) in [7, 11) is 0. The number of alkyl halides is 3. The molecular weight excluding hydrogens is 471 g/mol. The maximum absolute atomic E-state index is 13.0. The van der Waals surface area contributed by atoms with Crippen LogP contribution in [0.2, 0.25) is 0 Å². The number of fused-ring (bicyclic) bond motifs is 2. The summed E-state index contributed by atoms with van der Waals surface area (Å²) in [4.78, 5) is 65.1. The van der Waals surface area contributed by atoms with Gasteiger partial charge in [0.05, 0.1) is 28.8 Å². The first-order valence-corrected chi connectivity index (χ1v) is 11.3. The number of nitrogens with one attached hydrogen (secondary N) is 1. The maximum atomic E-state index is 13.0. The van der Waals surface area contributed by atoms with Gasteiger partial charge in [-0.05, 0) is 44.9 Å². The fourth-order valence-corrected chi connectivity index (χ4v) is 4.88. The van der Waals surface area contributed by atoms with Gasteiger partial charge in [-0.2, -0.15) is 13.2 Å². The highest BCUT2D eigenvalue weighted by molar-refractivity contribution is 6.11. The zero-order chi connectivity index (χ0) is 25.7. The highest BCUT2D eigenvalue weighted by Gasteiger charge is 2.51. The average Bonchev–Trinajstić information content (AvgIpc) is 3.06. The van der Waals surface area contributed by atoms with Crippen molar-refractivity contribution in [3.05, 3.63) is 23.8 Å². The Morgan fingerprint density at radius 2 is 1.66 bits per heavy atom. The number of carbonyl (C=O) groups excluding carboxylic acids is 5. The minimum atomic E-state index is -4.65. The normalized spacial score (nSPS) is 23.9. The largest absolute Gasteiger partial charge is 0.451 e. The summed E-state index contributed by atoms with van der Waals surface area (Å²) in [6.45, 7) is 2.10. The number of ether oxygens (including phenoxy) is 1. The van der Waals surface area contributed by atoms with E-state index in [1.54, 1.807) is 0 Å². The molecule has 1 saturated heterocycles. The average molecular weight is 495 g/mol. The van der Waals surface area contributed by atoms with E-state index in [9.17, 15) is 37.1 Å². The third-order valence-corrected chi connectivity index (χ3v) is 6.70. The molecule has 4 amide bonds. The van der Waals surface area contributed by atoms with Gasteiger partial charge in [-0.3, -0.25) is 29.0 Å². The van der Waals surface area contributed by atoms with Gasteiger partial charge >= 0.3 is 12.1 Å². The van der Waals surface area contributed by atoms with Gasteiger partial charge in [0.1, 0.15) is 12.6 Å². The van der Waals surface area contributed by atoms with E-state index in [2.05, 4.69) is 5.32 Å². The van der Waals surface area contributed by atoms with Crippen molar-refractivity contribution in [2.75, 3.05) is 16.8 Å². The number of rotatable bonds is 4. The van der Waals surface area contributed by atoms with Crippen molar-refractivity contribution in [2.24, 2.45) is 11.8 Å². The predicted molar refractivity (Wildman–Crippen MR) is 115 cm³/mol. The molecule has 2 heterocycles. The number of likely N-dealkylation sites (tertiary alicyclic amines) is 1. The van der Waals surface area contributed by atoms with Gasteiger partial charge < -0.3 is 10.1 Å². The molecule has 0 aromatic heterocycles. The van der Waals surface area contributed by atoms with Gasteiger partial charge in [-0.1, -0.05) is 12.8 Å². The number of amides is 4. The summed E-state index contributed by atoms with van der Waals surface area (Å²) >= 11 is 0. The van der Waals surface area contributed by atoms with Crippen LogP contribution in [0, 0.1) is 11.8 Å². The Hall–Kier alpha value is -3.44. The van der Waals surface area contributed by atoms with E-state index in [4.69, 9.17) is 4.74 Å². The zero-order valence-electron chi connectivity index (χ0n) is 19.1. The molecule has 4 rings (SSSR count). The second-order valence-corrected chi connectivity index (χ2v) is 9.00. The van der Waals surface area contributed by atoms with Crippen molar-refractivity contribution in [2.45, 2.75) is 57.9 Å². The number of esters is 1. The molecule has 0 spiro atoms. The molecule has 1 saturated carbocycles. The number of hydrogen-bond donors (Lipinski definition) is 1. The fraction of sp³-hybridized carbons (Fsp3) is 0.522. The molecule has 3 unspecified atom stereocenters. The van der Waals surface area contributed by atoms with Crippen LogP contribution in [0.3, 0.4) is 0 Å². The zero-order valence-corrected chi connectivity index (χ0v) is 19.1. The minimum absolute atomic E-state index is 0.0209. The van der Waals surface area contributed by atoms with Crippen LogP contribution in [0.25, 0.3) is 0 Å². The third-order valence-electron chi connectivity index (χ3n) is 6.70. The molecule has 35 heavy (non-hydrogen) atoms. The number of nitrogens with zero attached hydrogens (tertiary/aromatic N) is 2. The van der Waals surface area contributed by atoms with E-state index >= 15 is 0 Å². The van der Waals surface area contributed by atoms with Crippen LogP contribution < -0.4 is 10.2 Å². The second-order valence-electron chi connectivity index (χ2n) is 9.00. The van der Waals surface area contributed by atoms with Crippen LogP contribution in [-0.2, 0) is 34.9 Å². The smallest absolute Gasteiger partial charge is 0.416 e. The first-order chi connectivity index (χ1) is 16.4. The van der Waals surface area contributed by atoms with Crippen LogP contribution in [0.15, 0.2) is 18.2 Å². The Labute approximate surface area is 198 Å². The number of carbonyl (C=O) groups is 5. The standard InChI is InChI=1S/C23H24F3N3O6/c1-11(29-20(32)14-5-3-4-6-15(14)21(29)33)22(34)35-12(2)19(31)28-10-18(30)27-16-9-13(23(24,25)26)7-8-17(16)28/h7-9,11-12,14-15H,3-6,10H2,1-2H3,(H,27,30)/t11-,12?,14?,15?/m0/s1. The molecule has 2 aliphatic heterocycles. The summed E-state index contributed by atoms with van der Waals surface area (Å²) in [5.41, 5.74) is -1.18. The van der Waals surface area contributed by atoms with E-state index in [0.717, 1.165) is 40.8 Å². The monoisotopic (exact) mass is 495 g/mol. The summed E-state index contributed by atoms with van der Waals surface area (Å²) in [6, 6.07) is 1.30. The van der Waals surface area contributed by atoms with Gasteiger partial charge in [0.2, 0.25) is 17.7 Å². The van der Waals surface area contributed by atoms with E-state index in [1.165, 1.54) is 13.8 Å². The van der Waals surface area contributed by atoms with E-state index in [0.29, 0.717) is 12.8 Å². The van der Waals surface area contributed by atoms with Gasteiger partial charge in [-0.15, -0.1) is 0 Å². The highest BCUT2D eigenvalue weighted by atomic mass is 19.4. The van der Waals surface area contributed by atoms with Crippen LogP contribution >= 0.6 is 0 Å². The third kappa shape index (κ3) is 4.48. The fourth-order valence-electron chi connectivity index (χ4n) is 4.88. The molecule has 0 bridgehead atoms. The first-order valence-electron chi connectivity index (χ1n) is 11.3. The van der Waals surface area contributed by atoms with Gasteiger partial charge in [0.15, 0.2) is 6.10 Å². The van der Waals surface area contributed by atoms with E-state index < -0.39 is 71.9 Å². The van der Waals surface area contributed by atoms with Gasteiger partial charge in [0.25, 0.3) is 5.91 Å². The Balaban J connectivity index is 1.48. The summed E-state index contributed by atoms with van der Waals surface area (Å²) in [6.07, 6.45) is -3.26. The molecule has 1 aromatic carbocycles. The van der Waals surface area contributed by atoms with Crippen molar-refractivity contribution < 1.29 is 41.9 Å². The Kier molecular flexibility index (Phi) is 6.32. The predicted octanol–water partition coefficient (Wildman–Crippen LogP) is 2.49. The number of halogens is 3. The molecular formula is C23H24F3N3O6. The first kappa shape index (κ1) is 24.7. The molecule has 12 heteroatoms. The van der Waals surface area contributed by atoms with Crippen molar-refractivity contribution in [3.8, 4) is 0 Å². The van der Waals surface area contributed by atoms with Crippen molar-refractivity contribution in [3.63, 3.8) is 0 Å². The molecule has 0 radical (unpaired) electrons. The van der Waals surface area contributed by atoms with Crippen LogP contribution in [0.1, 0.15) is 45.1 Å². The minimum Gasteiger partial charge on any atom is -0.451 e. The molecule has 1 aliphatic carbocycles. The molecule has 9 nitrogen and oxygen atoms in total. The van der Waals surface area contributed by atoms with Gasteiger partial charge in [-0.25, -0.2) is 4.79 Å². The van der Waals surface area contributed by atoms with Crippen molar-refractivity contribution >= 4 is 41.0 Å². The SMILES string of the molecule is CC(OC(=O)[C@H](C)N1C(=O)C2CCCCC2C1=O)C(=O)N1CC(=O)Nc2cc(C(F)(F)F)ccc21. The Morgan fingerprint density at radius 1 is 1.06 bits per heavy atom. The number of anilines is 2. The lowest BCUT2D eigenvalue weighted by Crippen LogP contribution is -2.49. The Bertz CT molecular complexity index is 1080. The highest BCUT2D eigenvalue weighted by Crippen LogP contribution is 2.39.